The Morgan fingerprint density at radius 1 is 1.64 bits per heavy atom. The number of aliphatic imine (C=N–C) groups is 1. The number of ether oxygens (including phenoxy) is 1. The van der Waals surface area contributed by atoms with Gasteiger partial charge in [0.05, 0.1) is 17.8 Å². The van der Waals surface area contributed by atoms with Gasteiger partial charge < -0.3 is 4.74 Å². The SMILES string of the molecule is COC(=O)c1ccc(N=C=S)c(F)c1. The van der Waals surface area contributed by atoms with Crippen molar-refractivity contribution in [3.05, 3.63) is 29.6 Å². The molecule has 1 aromatic rings. The van der Waals surface area contributed by atoms with Crippen LogP contribution in [0.3, 0.4) is 0 Å². The van der Waals surface area contributed by atoms with Gasteiger partial charge in [0.15, 0.2) is 5.82 Å². The minimum atomic E-state index is -0.634. The van der Waals surface area contributed by atoms with Crippen molar-refractivity contribution < 1.29 is 13.9 Å². The molecule has 0 amide bonds. The lowest BCUT2D eigenvalue weighted by Gasteiger charge is -1.99. The molecule has 0 radical (unpaired) electrons. The Morgan fingerprint density at radius 2 is 2.36 bits per heavy atom. The fourth-order valence-electron chi connectivity index (χ4n) is 0.892. The fraction of sp³-hybridized carbons (Fsp3) is 0.111. The Labute approximate surface area is 85.2 Å². The van der Waals surface area contributed by atoms with Crippen LogP contribution in [0, 0.1) is 5.82 Å². The van der Waals surface area contributed by atoms with Crippen LogP contribution < -0.4 is 0 Å². The van der Waals surface area contributed by atoms with E-state index >= 15 is 0 Å². The van der Waals surface area contributed by atoms with Crippen LogP contribution in [-0.2, 0) is 4.74 Å². The second-order valence-corrected chi connectivity index (χ2v) is 2.54. The Balaban J connectivity index is 3.12. The fourth-order valence-corrected chi connectivity index (χ4v) is 0.990. The summed E-state index contributed by atoms with van der Waals surface area (Å²) in [5, 5.41) is 2.04. The predicted octanol–water partition coefficient (Wildman–Crippen LogP) is 2.35. The second kappa shape index (κ2) is 4.60. The number of hydrogen-bond donors (Lipinski definition) is 0. The molecular formula is C9H6FNO2S. The summed E-state index contributed by atoms with van der Waals surface area (Å²) in [4.78, 5) is 14.4. The smallest absolute Gasteiger partial charge is 0.337 e. The number of carbonyl (C=O) groups excluding carboxylic acids is 1. The molecule has 1 rings (SSSR count). The van der Waals surface area contributed by atoms with Gasteiger partial charge >= 0.3 is 5.97 Å². The van der Waals surface area contributed by atoms with E-state index in [9.17, 15) is 9.18 Å². The van der Waals surface area contributed by atoms with Crippen molar-refractivity contribution in [1.82, 2.24) is 0 Å². The number of nitrogens with zero attached hydrogens (tertiary/aromatic N) is 1. The summed E-state index contributed by atoms with van der Waals surface area (Å²) in [6.07, 6.45) is 0. The van der Waals surface area contributed by atoms with E-state index in [0.29, 0.717) is 0 Å². The highest BCUT2D eigenvalue weighted by atomic mass is 32.1. The van der Waals surface area contributed by atoms with E-state index < -0.39 is 11.8 Å². The molecule has 1 aromatic carbocycles. The Morgan fingerprint density at radius 3 is 2.86 bits per heavy atom. The number of halogens is 1. The standard InChI is InChI=1S/C9H6FNO2S/c1-13-9(12)6-2-3-8(11-5-14)7(10)4-6/h2-4H,1H3. The van der Waals surface area contributed by atoms with Gasteiger partial charge in [-0.3, -0.25) is 0 Å². The highest BCUT2D eigenvalue weighted by molar-refractivity contribution is 7.78. The highest BCUT2D eigenvalue weighted by Crippen LogP contribution is 2.18. The van der Waals surface area contributed by atoms with Gasteiger partial charge in [0.25, 0.3) is 0 Å². The van der Waals surface area contributed by atoms with Crippen molar-refractivity contribution in [1.29, 1.82) is 0 Å². The molecule has 0 spiro atoms. The molecule has 0 aliphatic rings. The zero-order valence-corrected chi connectivity index (χ0v) is 8.10. The number of methoxy groups -OCH3 is 1. The van der Waals surface area contributed by atoms with Crippen molar-refractivity contribution in [2.45, 2.75) is 0 Å². The molecule has 0 heterocycles. The minimum absolute atomic E-state index is 0.0488. The van der Waals surface area contributed by atoms with Crippen LogP contribution in [0.1, 0.15) is 10.4 Å². The molecular weight excluding hydrogens is 205 g/mol. The average Bonchev–Trinajstić information content (AvgIpc) is 2.20. The first-order chi connectivity index (χ1) is 6.69. The van der Waals surface area contributed by atoms with E-state index in [4.69, 9.17) is 0 Å². The molecule has 0 bridgehead atoms. The van der Waals surface area contributed by atoms with Gasteiger partial charge in [-0.25, -0.2) is 9.18 Å². The predicted molar refractivity (Wildman–Crippen MR) is 52.4 cm³/mol. The maximum absolute atomic E-state index is 13.1. The molecule has 14 heavy (non-hydrogen) atoms. The lowest BCUT2D eigenvalue weighted by molar-refractivity contribution is 0.0600. The monoisotopic (exact) mass is 211 g/mol. The van der Waals surface area contributed by atoms with Crippen LogP contribution in [0.25, 0.3) is 0 Å². The number of thiocarbonyl (C=S) groups is 1. The molecule has 0 N–H and O–H groups in total. The first-order valence-corrected chi connectivity index (χ1v) is 4.05. The molecule has 0 aromatic heterocycles. The van der Waals surface area contributed by atoms with Crippen LogP contribution in [0.15, 0.2) is 23.2 Å². The van der Waals surface area contributed by atoms with Crippen molar-refractivity contribution in [2.24, 2.45) is 4.99 Å². The average molecular weight is 211 g/mol. The van der Waals surface area contributed by atoms with E-state index in [-0.39, 0.29) is 11.3 Å². The van der Waals surface area contributed by atoms with Gasteiger partial charge in [-0.15, -0.1) is 0 Å². The van der Waals surface area contributed by atoms with Crippen LogP contribution >= 0.6 is 12.2 Å². The highest BCUT2D eigenvalue weighted by Gasteiger charge is 2.08. The van der Waals surface area contributed by atoms with Crippen LogP contribution in [0.2, 0.25) is 0 Å². The number of benzene rings is 1. The van der Waals surface area contributed by atoms with Crippen molar-refractivity contribution in [2.75, 3.05) is 7.11 Å². The maximum atomic E-state index is 13.1. The molecule has 0 fully saturated rings. The molecule has 72 valence electrons. The van der Waals surface area contributed by atoms with E-state index in [1.807, 2.05) is 5.16 Å². The zero-order chi connectivity index (χ0) is 10.6. The van der Waals surface area contributed by atoms with Crippen molar-refractivity contribution in [3.8, 4) is 0 Å². The van der Waals surface area contributed by atoms with E-state index in [1.165, 1.54) is 19.2 Å². The van der Waals surface area contributed by atoms with Gasteiger partial charge in [-0.05, 0) is 30.4 Å². The third-order valence-electron chi connectivity index (χ3n) is 1.53. The summed E-state index contributed by atoms with van der Waals surface area (Å²) < 4.78 is 17.6. The van der Waals surface area contributed by atoms with Gasteiger partial charge in [0.2, 0.25) is 0 Å². The molecule has 5 heteroatoms. The minimum Gasteiger partial charge on any atom is -0.465 e. The first-order valence-electron chi connectivity index (χ1n) is 3.64. The van der Waals surface area contributed by atoms with Gasteiger partial charge in [0, 0.05) is 0 Å². The molecule has 3 nitrogen and oxygen atoms in total. The Hall–Kier alpha value is -1.58. The summed E-state index contributed by atoms with van der Waals surface area (Å²) in [6.45, 7) is 0. The normalized spacial score (nSPS) is 9.00. The number of rotatable bonds is 2. The molecule has 0 saturated carbocycles. The maximum Gasteiger partial charge on any atom is 0.337 e. The summed E-state index contributed by atoms with van der Waals surface area (Å²) in [6, 6.07) is 3.78. The third kappa shape index (κ3) is 2.22. The summed E-state index contributed by atoms with van der Waals surface area (Å²) in [7, 11) is 1.23. The lowest BCUT2D eigenvalue weighted by atomic mass is 10.2. The first kappa shape index (κ1) is 10.5. The Bertz CT molecular complexity index is 413. The van der Waals surface area contributed by atoms with Gasteiger partial charge in [0.1, 0.15) is 5.69 Å². The topological polar surface area (TPSA) is 38.7 Å². The molecule has 0 saturated heterocycles. The number of hydrogen-bond acceptors (Lipinski definition) is 4. The van der Waals surface area contributed by atoms with Gasteiger partial charge in [-0.2, -0.15) is 4.99 Å². The summed E-state index contributed by atoms with van der Waals surface area (Å²) in [5.74, 6) is -1.23. The second-order valence-electron chi connectivity index (χ2n) is 2.36. The molecule has 0 aliphatic heterocycles. The van der Waals surface area contributed by atoms with E-state index in [2.05, 4.69) is 21.9 Å². The van der Waals surface area contributed by atoms with Gasteiger partial charge in [-0.1, -0.05) is 0 Å². The van der Waals surface area contributed by atoms with E-state index in [1.54, 1.807) is 0 Å². The van der Waals surface area contributed by atoms with Crippen molar-refractivity contribution in [3.63, 3.8) is 0 Å². The van der Waals surface area contributed by atoms with Crippen LogP contribution in [-0.4, -0.2) is 18.2 Å². The van der Waals surface area contributed by atoms with Crippen molar-refractivity contribution >= 4 is 29.0 Å². The number of carbonyl (C=O) groups is 1. The molecule has 0 unspecified atom stereocenters. The third-order valence-corrected chi connectivity index (χ3v) is 1.63. The zero-order valence-electron chi connectivity index (χ0n) is 7.28. The molecule has 0 atom stereocenters. The largest absolute Gasteiger partial charge is 0.465 e. The molecule has 0 aliphatic carbocycles. The number of isothiocyanates is 1. The summed E-state index contributed by atoms with van der Waals surface area (Å²) >= 11 is 4.33. The van der Waals surface area contributed by atoms with Crippen LogP contribution in [0.5, 0.6) is 0 Å². The summed E-state index contributed by atoms with van der Waals surface area (Å²) in [5.41, 5.74) is 0.181. The van der Waals surface area contributed by atoms with Crippen LogP contribution in [0.4, 0.5) is 10.1 Å². The van der Waals surface area contributed by atoms with E-state index in [0.717, 1.165) is 6.07 Å². The quantitative estimate of drug-likeness (QED) is 0.428. The Kier molecular flexibility index (Phi) is 3.45. The number of esters is 1. The lowest BCUT2D eigenvalue weighted by Crippen LogP contribution is -2.01.